The van der Waals surface area contributed by atoms with E-state index in [9.17, 15) is 9.59 Å². The number of hydrogen-bond donors (Lipinski definition) is 1. The molecule has 0 aliphatic heterocycles. The van der Waals surface area contributed by atoms with Crippen LogP contribution in [-0.2, 0) is 14.3 Å². The van der Waals surface area contributed by atoms with Gasteiger partial charge < -0.3 is 14.8 Å². The molecule has 6 nitrogen and oxygen atoms in total. The number of nitrogens with one attached hydrogen (secondary N) is 1. The van der Waals surface area contributed by atoms with E-state index in [0.29, 0.717) is 11.1 Å². The third-order valence-electron chi connectivity index (χ3n) is 2.57. The molecule has 1 N–H and O–H groups in total. The maximum absolute atomic E-state index is 11.6. The van der Waals surface area contributed by atoms with Crippen LogP contribution in [0.4, 0.5) is 0 Å². The van der Waals surface area contributed by atoms with Gasteiger partial charge >= 0.3 is 5.97 Å². The normalized spacial score (nSPS) is 10.6. The minimum absolute atomic E-state index is 0.0873. The van der Waals surface area contributed by atoms with Gasteiger partial charge in [-0.15, -0.1) is 0 Å². The van der Waals surface area contributed by atoms with Crippen LogP contribution in [0.1, 0.15) is 15.9 Å². The molecule has 0 radical (unpaired) electrons. The van der Waals surface area contributed by atoms with Crippen molar-refractivity contribution in [2.24, 2.45) is 0 Å². The van der Waals surface area contributed by atoms with Crippen LogP contribution in [0.2, 0.25) is 0 Å². The van der Waals surface area contributed by atoms with Crippen molar-refractivity contribution >= 4 is 18.0 Å². The Bertz CT molecular complexity index is 570. The van der Waals surface area contributed by atoms with Crippen molar-refractivity contribution in [3.8, 4) is 6.07 Å². The van der Waals surface area contributed by atoms with Crippen molar-refractivity contribution in [3.05, 3.63) is 41.0 Å². The Morgan fingerprint density at radius 2 is 1.95 bits per heavy atom. The van der Waals surface area contributed by atoms with Gasteiger partial charge in [0.05, 0.1) is 6.61 Å². The Labute approximate surface area is 123 Å². The molecule has 0 atom stereocenters. The van der Waals surface area contributed by atoms with Gasteiger partial charge in [-0.3, -0.25) is 4.79 Å². The highest BCUT2D eigenvalue weighted by Gasteiger charge is 2.10. The first-order valence-electron chi connectivity index (χ1n) is 6.22. The Morgan fingerprint density at radius 3 is 2.48 bits per heavy atom. The lowest BCUT2D eigenvalue weighted by Crippen LogP contribution is -2.17. The van der Waals surface area contributed by atoms with Crippen molar-refractivity contribution in [3.63, 3.8) is 0 Å². The standard InChI is InChI=1S/C15H16N2O4/c1-17-14(18)12-5-3-11(4-6-12)9-13(10-16)15(19)21-8-7-20-2/h3-6,9H,7-8H2,1-2H3,(H,17,18)/b13-9-. The molecule has 0 heterocycles. The maximum Gasteiger partial charge on any atom is 0.348 e. The molecule has 6 heteroatoms. The van der Waals surface area contributed by atoms with Crippen LogP contribution in [0.15, 0.2) is 29.8 Å². The van der Waals surface area contributed by atoms with Crippen LogP contribution < -0.4 is 5.32 Å². The molecule has 1 aromatic rings. The average Bonchev–Trinajstić information content (AvgIpc) is 2.52. The second-order valence-electron chi connectivity index (χ2n) is 4.00. The monoisotopic (exact) mass is 288 g/mol. The summed E-state index contributed by atoms with van der Waals surface area (Å²) in [5.74, 6) is -0.907. The van der Waals surface area contributed by atoms with Crippen LogP contribution in [0.25, 0.3) is 6.08 Å². The van der Waals surface area contributed by atoms with Crippen molar-refractivity contribution in [1.29, 1.82) is 5.26 Å². The first-order valence-corrected chi connectivity index (χ1v) is 6.22. The molecule has 0 saturated carbocycles. The number of carbonyl (C=O) groups excluding carboxylic acids is 2. The van der Waals surface area contributed by atoms with E-state index in [4.69, 9.17) is 14.7 Å². The summed E-state index contributed by atoms with van der Waals surface area (Å²) in [4.78, 5) is 23.0. The molecule has 0 aliphatic carbocycles. The molecule has 1 rings (SSSR count). The summed E-state index contributed by atoms with van der Waals surface area (Å²) in [5, 5.41) is 11.5. The highest BCUT2D eigenvalue weighted by atomic mass is 16.6. The number of benzene rings is 1. The van der Waals surface area contributed by atoms with E-state index in [1.54, 1.807) is 37.4 Å². The molecular formula is C15H16N2O4. The minimum Gasteiger partial charge on any atom is -0.459 e. The molecule has 0 unspecified atom stereocenters. The van der Waals surface area contributed by atoms with Gasteiger partial charge in [0, 0.05) is 19.7 Å². The molecule has 1 amide bonds. The van der Waals surface area contributed by atoms with Gasteiger partial charge in [0.15, 0.2) is 0 Å². The molecule has 21 heavy (non-hydrogen) atoms. The summed E-state index contributed by atoms with van der Waals surface area (Å²) in [7, 11) is 3.03. The van der Waals surface area contributed by atoms with E-state index in [1.165, 1.54) is 13.2 Å². The summed E-state index contributed by atoms with van der Waals surface area (Å²) in [5.41, 5.74) is 1.01. The smallest absolute Gasteiger partial charge is 0.348 e. The third-order valence-corrected chi connectivity index (χ3v) is 2.57. The van der Waals surface area contributed by atoms with Crippen LogP contribution in [0, 0.1) is 11.3 Å². The second kappa shape index (κ2) is 8.51. The number of esters is 1. The van der Waals surface area contributed by atoms with E-state index >= 15 is 0 Å². The van der Waals surface area contributed by atoms with E-state index < -0.39 is 5.97 Å². The van der Waals surface area contributed by atoms with E-state index in [2.05, 4.69) is 5.32 Å². The van der Waals surface area contributed by atoms with Crippen LogP contribution in [-0.4, -0.2) is 39.2 Å². The average molecular weight is 288 g/mol. The number of rotatable bonds is 6. The zero-order chi connectivity index (χ0) is 15.7. The predicted octanol–water partition coefficient (Wildman–Crippen LogP) is 1.14. The van der Waals surface area contributed by atoms with Gasteiger partial charge in [0.1, 0.15) is 18.2 Å². The molecule has 110 valence electrons. The lowest BCUT2D eigenvalue weighted by Gasteiger charge is -2.03. The van der Waals surface area contributed by atoms with Gasteiger partial charge in [-0.2, -0.15) is 5.26 Å². The highest BCUT2D eigenvalue weighted by molar-refractivity contribution is 5.98. The Balaban J connectivity index is 2.81. The summed E-state index contributed by atoms with van der Waals surface area (Å²) < 4.78 is 9.62. The SMILES string of the molecule is CNC(=O)c1ccc(/C=C(/C#N)C(=O)OCCOC)cc1. The predicted molar refractivity (Wildman–Crippen MR) is 76.3 cm³/mol. The number of carbonyl (C=O) groups is 2. The fourth-order valence-corrected chi connectivity index (χ4v) is 1.47. The van der Waals surface area contributed by atoms with Gasteiger partial charge in [-0.1, -0.05) is 12.1 Å². The zero-order valence-corrected chi connectivity index (χ0v) is 11.9. The molecule has 0 aromatic heterocycles. The van der Waals surface area contributed by atoms with Gasteiger partial charge in [-0.25, -0.2) is 4.79 Å². The van der Waals surface area contributed by atoms with E-state index in [1.807, 2.05) is 0 Å². The quantitative estimate of drug-likeness (QED) is 0.367. The zero-order valence-electron chi connectivity index (χ0n) is 11.9. The van der Waals surface area contributed by atoms with Crippen LogP contribution in [0.5, 0.6) is 0 Å². The first kappa shape index (κ1) is 16.4. The molecular weight excluding hydrogens is 272 g/mol. The molecule has 0 bridgehead atoms. The number of amides is 1. The van der Waals surface area contributed by atoms with Gasteiger partial charge in [0.2, 0.25) is 0 Å². The Hall–Kier alpha value is -2.65. The Morgan fingerprint density at radius 1 is 1.29 bits per heavy atom. The van der Waals surface area contributed by atoms with Crippen LogP contribution >= 0.6 is 0 Å². The van der Waals surface area contributed by atoms with E-state index in [0.717, 1.165) is 0 Å². The second-order valence-corrected chi connectivity index (χ2v) is 4.00. The lowest BCUT2D eigenvalue weighted by atomic mass is 10.1. The first-order chi connectivity index (χ1) is 10.1. The number of hydrogen-bond acceptors (Lipinski definition) is 5. The molecule has 0 fully saturated rings. The fraction of sp³-hybridized carbons (Fsp3) is 0.267. The Kier molecular flexibility index (Phi) is 6.65. The fourth-order valence-electron chi connectivity index (χ4n) is 1.47. The third kappa shape index (κ3) is 5.09. The summed E-state index contributed by atoms with van der Waals surface area (Å²) in [6, 6.07) is 8.29. The van der Waals surface area contributed by atoms with Crippen molar-refractivity contribution < 1.29 is 19.1 Å². The van der Waals surface area contributed by atoms with Crippen molar-refractivity contribution in [1.82, 2.24) is 5.32 Å². The highest BCUT2D eigenvalue weighted by Crippen LogP contribution is 2.10. The topological polar surface area (TPSA) is 88.4 Å². The summed E-state index contributed by atoms with van der Waals surface area (Å²) in [6.45, 7) is 0.356. The summed E-state index contributed by atoms with van der Waals surface area (Å²) in [6.07, 6.45) is 1.41. The minimum atomic E-state index is -0.704. The molecule has 0 saturated heterocycles. The van der Waals surface area contributed by atoms with Gasteiger partial charge in [-0.05, 0) is 23.8 Å². The number of nitrogens with zero attached hydrogens (tertiary/aromatic N) is 1. The maximum atomic E-state index is 11.6. The summed E-state index contributed by atoms with van der Waals surface area (Å²) >= 11 is 0. The van der Waals surface area contributed by atoms with Crippen molar-refractivity contribution in [2.75, 3.05) is 27.4 Å². The number of ether oxygens (including phenoxy) is 2. The molecule has 0 spiro atoms. The van der Waals surface area contributed by atoms with E-state index in [-0.39, 0.29) is 24.7 Å². The lowest BCUT2D eigenvalue weighted by molar-refractivity contribution is -0.139. The molecule has 0 aliphatic rings. The number of methoxy groups -OCH3 is 1. The van der Waals surface area contributed by atoms with Crippen molar-refractivity contribution in [2.45, 2.75) is 0 Å². The largest absolute Gasteiger partial charge is 0.459 e. The van der Waals surface area contributed by atoms with Gasteiger partial charge in [0.25, 0.3) is 5.91 Å². The van der Waals surface area contributed by atoms with Crippen LogP contribution in [0.3, 0.4) is 0 Å². The molecule has 1 aromatic carbocycles. The number of nitriles is 1.